The van der Waals surface area contributed by atoms with E-state index in [1.165, 1.54) is 0 Å². The lowest BCUT2D eigenvalue weighted by Gasteiger charge is -2.24. The predicted molar refractivity (Wildman–Crippen MR) is 90.1 cm³/mol. The summed E-state index contributed by atoms with van der Waals surface area (Å²) in [6, 6.07) is 5.49. The average Bonchev–Trinajstić information content (AvgIpc) is 3.23. The maximum Gasteiger partial charge on any atom is 0.243 e. The number of hydrogen-bond donors (Lipinski definition) is 1. The molecule has 0 unspecified atom stereocenters. The van der Waals surface area contributed by atoms with E-state index >= 15 is 0 Å². The molecule has 0 bridgehead atoms. The summed E-state index contributed by atoms with van der Waals surface area (Å²) in [4.78, 5) is 4.46. The highest BCUT2D eigenvalue weighted by molar-refractivity contribution is 7.89. The van der Waals surface area contributed by atoms with Crippen LogP contribution in [0.2, 0.25) is 0 Å². The molecule has 4 rings (SSSR count). The van der Waals surface area contributed by atoms with Gasteiger partial charge in [0.2, 0.25) is 10.0 Å². The molecule has 0 aliphatic carbocycles. The van der Waals surface area contributed by atoms with Crippen molar-refractivity contribution < 1.29 is 12.8 Å². The Bertz CT molecular complexity index is 875. The minimum absolute atomic E-state index is 0.0746. The van der Waals surface area contributed by atoms with Crippen molar-refractivity contribution in [3.8, 4) is 11.3 Å². The summed E-state index contributed by atoms with van der Waals surface area (Å²) >= 11 is 0. The Morgan fingerprint density at radius 3 is 2.88 bits per heavy atom. The largest absolute Gasteiger partial charge is 0.441 e. The van der Waals surface area contributed by atoms with Gasteiger partial charge in [-0.15, -0.1) is 0 Å². The minimum Gasteiger partial charge on any atom is -0.441 e. The van der Waals surface area contributed by atoms with Crippen LogP contribution in [-0.2, 0) is 10.0 Å². The number of rotatable bonds is 3. The molecule has 24 heavy (non-hydrogen) atoms. The number of benzene rings is 1. The molecule has 7 heteroatoms. The fourth-order valence-electron chi connectivity index (χ4n) is 3.76. The van der Waals surface area contributed by atoms with Crippen LogP contribution in [0.3, 0.4) is 0 Å². The van der Waals surface area contributed by atoms with E-state index in [1.807, 2.05) is 19.1 Å². The van der Waals surface area contributed by atoms with Crippen molar-refractivity contribution in [2.75, 3.05) is 19.6 Å². The molecule has 1 aromatic carbocycles. The molecule has 0 amide bonds. The molecule has 2 aliphatic rings. The van der Waals surface area contributed by atoms with Crippen LogP contribution in [0.4, 0.5) is 0 Å². The van der Waals surface area contributed by atoms with Gasteiger partial charge in [0.1, 0.15) is 0 Å². The van der Waals surface area contributed by atoms with Crippen molar-refractivity contribution in [1.82, 2.24) is 14.6 Å². The third kappa shape index (κ3) is 2.47. The van der Waals surface area contributed by atoms with Crippen LogP contribution in [0.5, 0.6) is 0 Å². The Morgan fingerprint density at radius 1 is 1.29 bits per heavy atom. The van der Waals surface area contributed by atoms with Gasteiger partial charge in [-0.3, -0.25) is 0 Å². The summed E-state index contributed by atoms with van der Waals surface area (Å²) < 4.78 is 33.7. The van der Waals surface area contributed by atoms with E-state index in [1.54, 1.807) is 23.5 Å². The van der Waals surface area contributed by atoms with E-state index in [2.05, 4.69) is 10.3 Å². The van der Waals surface area contributed by atoms with Gasteiger partial charge >= 0.3 is 0 Å². The molecular formula is C17H21N3O3S. The molecule has 2 saturated heterocycles. The predicted octanol–water partition coefficient (Wildman–Crippen LogP) is 1.94. The van der Waals surface area contributed by atoms with Gasteiger partial charge in [-0.2, -0.15) is 4.31 Å². The van der Waals surface area contributed by atoms with Gasteiger partial charge in [0.05, 0.1) is 11.1 Å². The first-order valence-electron chi connectivity index (χ1n) is 8.23. The smallest absolute Gasteiger partial charge is 0.243 e. The van der Waals surface area contributed by atoms with Crippen LogP contribution >= 0.6 is 0 Å². The number of nitrogens with zero attached hydrogens (tertiary/aromatic N) is 2. The molecular weight excluding hydrogens is 326 g/mol. The van der Waals surface area contributed by atoms with E-state index in [9.17, 15) is 8.42 Å². The average molecular weight is 347 g/mol. The van der Waals surface area contributed by atoms with Crippen molar-refractivity contribution in [1.29, 1.82) is 0 Å². The molecule has 1 aromatic heterocycles. The lowest BCUT2D eigenvalue weighted by Crippen LogP contribution is -2.39. The molecule has 128 valence electrons. The Kier molecular flexibility index (Phi) is 3.74. The van der Waals surface area contributed by atoms with Crippen LogP contribution < -0.4 is 5.32 Å². The van der Waals surface area contributed by atoms with Crippen molar-refractivity contribution in [2.45, 2.75) is 31.2 Å². The highest BCUT2D eigenvalue weighted by atomic mass is 32.2. The van der Waals surface area contributed by atoms with E-state index < -0.39 is 10.0 Å². The van der Waals surface area contributed by atoms with Crippen molar-refractivity contribution in [3.05, 3.63) is 35.9 Å². The first-order valence-corrected chi connectivity index (χ1v) is 9.67. The number of aromatic nitrogens is 1. The summed E-state index contributed by atoms with van der Waals surface area (Å²) in [6.07, 6.45) is 2.56. The number of fused-ring (bicyclic) bond motifs is 1. The maximum absolute atomic E-state index is 13.2. The summed E-state index contributed by atoms with van der Waals surface area (Å²) in [6.45, 7) is 5.86. The van der Waals surface area contributed by atoms with Crippen LogP contribution in [-0.4, -0.2) is 43.4 Å². The van der Waals surface area contributed by atoms with Gasteiger partial charge in [0, 0.05) is 31.6 Å². The Hall–Kier alpha value is -1.70. The van der Waals surface area contributed by atoms with E-state index in [0.717, 1.165) is 30.6 Å². The number of nitrogens with one attached hydrogen (secondary N) is 1. The summed E-state index contributed by atoms with van der Waals surface area (Å²) in [5.41, 5.74) is 1.49. The van der Waals surface area contributed by atoms with Crippen molar-refractivity contribution in [2.24, 2.45) is 5.92 Å². The molecule has 0 spiro atoms. The standard InChI is InChI=1S/C17H21N3O3S/c1-11-3-4-13(16-10-19-12(2)23-16)7-17(11)24(21,22)20-6-5-14-8-18-9-15(14)20/h3-4,7,10,14-15,18H,5-6,8-9H2,1-2H3/t14-,15+/m1/s1. The molecule has 3 heterocycles. The quantitative estimate of drug-likeness (QED) is 0.918. The third-order valence-corrected chi connectivity index (χ3v) is 7.14. The second kappa shape index (κ2) is 5.68. The summed E-state index contributed by atoms with van der Waals surface area (Å²) in [5, 5.41) is 3.30. The molecule has 2 fully saturated rings. The minimum atomic E-state index is -3.52. The number of sulfonamides is 1. The number of hydrogen-bond acceptors (Lipinski definition) is 5. The molecule has 2 aliphatic heterocycles. The highest BCUT2D eigenvalue weighted by Crippen LogP contribution is 2.34. The topological polar surface area (TPSA) is 75.4 Å². The van der Waals surface area contributed by atoms with Crippen molar-refractivity contribution >= 4 is 10.0 Å². The molecule has 0 radical (unpaired) electrons. The van der Waals surface area contributed by atoms with Gasteiger partial charge in [-0.05, 0) is 37.4 Å². The molecule has 1 N–H and O–H groups in total. The zero-order valence-electron chi connectivity index (χ0n) is 13.8. The van der Waals surface area contributed by atoms with Crippen molar-refractivity contribution in [3.63, 3.8) is 0 Å². The SMILES string of the molecule is Cc1ncc(-c2ccc(C)c(S(=O)(=O)N3CC[C@@H]4CNC[C@@H]43)c2)o1. The fourth-order valence-corrected chi connectivity index (χ4v) is 5.71. The normalized spacial score (nSPS) is 24.4. The monoisotopic (exact) mass is 347 g/mol. The van der Waals surface area contributed by atoms with Gasteiger partial charge < -0.3 is 9.73 Å². The summed E-state index contributed by atoms with van der Waals surface area (Å²) in [7, 11) is -3.52. The lowest BCUT2D eigenvalue weighted by atomic mass is 10.1. The van der Waals surface area contributed by atoms with E-state index in [-0.39, 0.29) is 6.04 Å². The van der Waals surface area contributed by atoms with E-state index in [0.29, 0.717) is 29.0 Å². The van der Waals surface area contributed by atoms with Crippen LogP contribution in [0.25, 0.3) is 11.3 Å². The zero-order chi connectivity index (χ0) is 16.9. The van der Waals surface area contributed by atoms with Gasteiger partial charge in [-0.1, -0.05) is 12.1 Å². The van der Waals surface area contributed by atoms with Gasteiger partial charge in [0.25, 0.3) is 0 Å². The van der Waals surface area contributed by atoms with Gasteiger partial charge in [-0.25, -0.2) is 13.4 Å². The first-order chi connectivity index (χ1) is 11.5. The number of aryl methyl sites for hydroxylation is 2. The maximum atomic E-state index is 13.2. The Balaban J connectivity index is 1.75. The van der Waals surface area contributed by atoms with Crippen LogP contribution in [0.1, 0.15) is 17.9 Å². The molecule has 2 aromatic rings. The lowest BCUT2D eigenvalue weighted by molar-refractivity contribution is 0.382. The Morgan fingerprint density at radius 2 is 2.12 bits per heavy atom. The highest BCUT2D eigenvalue weighted by Gasteiger charge is 2.44. The molecule has 0 saturated carbocycles. The van der Waals surface area contributed by atoms with E-state index in [4.69, 9.17) is 4.42 Å². The Labute approximate surface area is 141 Å². The van der Waals surface area contributed by atoms with Crippen LogP contribution in [0.15, 0.2) is 33.7 Å². The van der Waals surface area contributed by atoms with Gasteiger partial charge in [0.15, 0.2) is 11.7 Å². The first kappa shape index (κ1) is 15.8. The zero-order valence-corrected chi connectivity index (χ0v) is 14.6. The summed E-state index contributed by atoms with van der Waals surface area (Å²) in [5.74, 6) is 1.58. The second-order valence-corrected chi connectivity index (χ2v) is 8.47. The molecule has 2 atom stereocenters. The number of oxazole rings is 1. The second-order valence-electron chi connectivity index (χ2n) is 6.61. The fraction of sp³-hybridized carbons (Fsp3) is 0.471. The van der Waals surface area contributed by atoms with Crippen LogP contribution in [0, 0.1) is 19.8 Å². The molecule has 6 nitrogen and oxygen atoms in total. The third-order valence-electron chi connectivity index (χ3n) is 5.07.